The van der Waals surface area contributed by atoms with Crippen LogP contribution in [0.25, 0.3) is 0 Å². The molecule has 42 heavy (non-hydrogen) atoms. The summed E-state index contributed by atoms with van der Waals surface area (Å²) in [5.74, 6) is -3.03. The fraction of sp³-hybridized carbons (Fsp3) is 0.355. The number of amides is 3. The summed E-state index contributed by atoms with van der Waals surface area (Å²) in [6.07, 6.45) is 2.12. The van der Waals surface area contributed by atoms with E-state index >= 15 is 4.39 Å². The van der Waals surface area contributed by atoms with E-state index in [2.05, 4.69) is 20.9 Å². The van der Waals surface area contributed by atoms with Crippen LogP contribution in [0.3, 0.4) is 0 Å². The number of halogens is 2. The molecular formula is C31H33ClFN5O4. The van der Waals surface area contributed by atoms with Crippen LogP contribution in [-0.2, 0) is 15.0 Å². The second-order valence-electron chi connectivity index (χ2n) is 12.0. The lowest BCUT2D eigenvalue weighted by molar-refractivity contribution is -0.122. The molecule has 3 heterocycles. The van der Waals surface area contributed by atoms with Gasteiger partial charge in [0, 0.05) is 40.7 Å². The number of rotatable bonds is 6. The van der Waals surface area contributed by atoms with Gasteiger partial charge < -0.3 is 26.4 Å². The Morgan fingerprint density at radius 2 is 1.95 bits per heavy atom. The molecule has 9 nitrogen and oxygen atoms in total. The maximum atomic E-state index is 15.9. The summed E-state index contributed by atoms with van der Waals surface area (Å²) >= 11 is 6.26. The molecule has 5 rings (SSSR count). The number of hydrogen-bond acceptors (Lipinski definition) is 6. The molecule has 1 fully saturated rings. The van der Waals surface area contributed by atoms with Crippen LogP contribution in [0.15, 0.2) is 48.7 Å². The highest BCUT2D eigenvalue weighted by Crippen LogP contribution is 2.57. The smallest absolute Gasteiger partial charge is 0.248 e. The Hall–Kier alpha value is -4.02. The molecule has 2 aliphatic rings. The van der Waals surface area contributed by atoms with E-state index in [-0.39, 0.29) is 38.9 Å². The third-order valence-electron chi connectivity index (χ3n) is 8.02. The number of pyridine rings is 1. The van der Waals surface area contributed by atoms with Crippen LogP contribution in [-0.4, -0.2) is 41.9 Å². The van der Waals surface area contributed by atoms with Gasteiger partial charge in [-0.25, -0.2) is 4.39 Å². The third kappa shape index (κ3) is 4.88. The normalized spacial score (nSPS) is 23.0. The van der Waals surface area contributed by atoms with Crippen LogP contribution in [0.5, 0.6) is 5.75 Å². The lowest BCUT2D eigenvalue weighted by Crippen LogP contribution is -2.49. The largest absolute Gasteiger partial charge is 0.495 e. The first-order valence-corrected chi connectivity index (χ1v) is 13.9. The number of methoxy groups -OCH3 is 1. The number of primary amides is 1. The first kappa shape index (κ1) is 29.5. The van der Waals surface area contributed by atoms with E-state index in [0.29, 0.717) is 23.4 Å². The van der Waals surface area contributed by atoms with Gasteiger partial charge >= 0.3 is 0 Å². The molecule has 0 bridgehead atoms. The molecule has 220 valence electrons. The quantitative estimate of drug-likeness (QED) is 0.328. The van der Waals surface area contributed by atoms with Gasteiger partial charge in [0.15, 0.2) is 0 Å². The van der Waals surface area contributed by atoms with Crippen molar-refractivity contribution in [3.63, 3.8) is 0 Å². The van der Waals surface area contributed by atoms with E-state index in [0.717, 1.165) is 0 Å². The highest BCUT2D eigenvalue weighted by atomic mass is 35.5. The van der Waals surface area contributed by atoms with Crippen LogP contribution in [0, 0.1) is 18.2 Å². The Morgan fingerprint density at radius 1 is 1.21 bits per heavy atom. The summed E-state index contributed by atoms with van der Waals surface area (Å²) < 4.78 is 21.3. The lowest BCUT2D eigenvalue weighted by atomic mass is 9.62. The number of nitrogens with two attached hydrogens (primary N) is 1. The first-order valence-electron chi connectivity index (χ1n) is 13.5. The minimum absolute atomic E-state index is 0.120. The predicted molar refractivity (Wildman–Crippen MR) is 158 cm³/mol. The average molecular weight is 594 g/mol. The summed E-state index contributed by atoms with van der Waals surface area (Å²) in [6, 6.07) is 9.10. The molecule has 0 radical (unpaired) electrons. The zero-order valence-electron chi connectivity index (χ0n) is 24.0. The van der Waals surface area contributed by atoms with Crippen molar-refractivity contribution in [2.24, 2.45) is 11.1 Å². The number of carbonyl (C=O) groups is 3. The molecular weight excluding hydrogens is 561 g/mol. The molecule has 4 atom stereocenters. The van der Waals surface area contributed by atoms with Gasteiger partial charge in [-0.3, -0.25) is 19.4 Å². The molecule has 4 unspecified atom stereocenters. The fourth-order valence-electron chi connectivity index (χ4n) is 6.32. The summed E-state index contributed by atoms with van der Waals surface area (Å²) in [5, 5.41) is 9.16. The van der Waals surface area contributed by atoms with Crippen LogP contribution in [0.1, 0.15) is 60.3 Å². The van der Waals surface area contributed by atoms with Gasteiger partial charge in [-0.2, -0.15) is 0 Å². The predicted octanol–water partition coefficient (Wildman–Crippen LogP) is 4.68. The van der Waals surface area contributed by atoms with Crippen molar-refractivity contribution in [2.75, 3.05) is 17.7 Å². The lowest BCUT2D eigenvalue weighted by Gasteiger charge is -2.37. The van der Waals surface area contributed by atoms with Crippen LogP contribution < -0.4 is 26.4 Å². The van der Waals surface area contributed by atoms with E-state index in [1.165, 1.54) is 31.4 Å². The molecule has 1 spiro atoms. The van der Waals surface area contributed by atoms with Crippen LogP contribution in [0.2, 0.25) is 5.02 Å². The maximum absolute atomic E-state index is 15.9. The second kappa shape index (κ2) is 10.7. The van der Waals surface area contributed by atoms with Gasteiger partial charge in [0.05, 0.1) is 23.9 Å². The molecule has 0 aliphatic carbocycles. The van der Waals surface area contributed by atoms with Gasteiger partial charge in [0.25, 0.3) is 0 Å². The van der Waals surface area contributed by atoms with Gasteiger partial charge in [-0.15, -0.1) is 0 Å². The summed E-state index contributed by atoms with van der Waals surface area (Å²) in [4.78, 5) is 44.6. The number of aromatic nitrogens is 1. The minimum Gasteiger partial charge on any atom is -0.495 e. The number of hydrogen-bond donors (Lipinski definition) is 4. The monoisotopic (exact) mass is 593 g/mol. The van der Waals surface area contributed by atoms with E-state index in [9.17, 15) is 14.4 Å². The van der Waals surface area contributed by atoms with E-state index in [1.54, 1.807) is 24.4 Å². The molecule has 0 saturated carbocycles. The molecule has 1 saturated heterocycles. The average Bonchev–Trinajstić information content (AvgIpc) is 3.39. The molecule has 3 aromatic rings. The highest BCUT2D eigenvalue weighted by Gasteiger charge is 2.66. The second-order valence-corrected chi connectivity index (χ2v) is 12.5. The third-order valence-corrected chi connectivity index (χ3v) is 8.32. The van der Waals surface area contributed by atoms with Crippen molar-refractivity contribution in [2.45, 2.75) is 57.5 Å². The van der Waals surface area contributed by atoms with Crippen molar-refractivity contribution >= 4 is 40.7 Å². The standard InChI is InChI=1S/C31H33ClFN5O4/c1-15-11-21-18(14-35-15)31(29(41)37-21)23(13-30(2,3)4)38-26(24(31)17-7-6-8-19(32)25(17)33)28(40)36-20-10-9-16(27(34)39)12-22(20)42-5/h6-12,14,23-24,26,38H,13H2,1-5H3,(H2,34,39)(H,36,40)(H,37,41). The van der Waals surface area contributed by atoms with Crippen LogP contribution >= 0.6 is 11.6 Å². The number of carbonyl (C=O) groups excluding carboxylic acids is 3. The molecule has 5 N–H and O–H groups in total. The number of aryl methyl sites for hydroxylation is 1. The van der Waals surface area contributed by atoms with Crippen molar-refractivity contribution in [1.29, 1.82) is 0 Å². The Morgan fingerprint density at radius 3 is 2.62 bits per heavy atom. The van der Waals surface area contributed by atoms with Crippen molar-refractivity contribution in [3.8, 4) is 5.75 Å². The minimum atomic E-state index is -1.39. The number of nitrogens with one attached hydrogen (secondary N) is 3. The molecule has 1 aromatic heterocycles. The van der Waals surface area contributed by atoms with E-state index < -0.39 is 41.0 Å². The van der Waals surface area contributed by atoms with Gasteiger partial charge in [0.2, 0.25) is 17.7 Å². The van der Waals surface area contributed by atoms with Gasteiger partial charge in [-0.1, -0.05) is 44.5 Å². The first-order chi connectivity index (χ1) is 19.8. The number of anilines is 2. The maximum Gasteiger partial charge on any atom is 0.248 e. The zero-order valence-corrected chi connectivity index (χ0v) is 24.7. The highest BCUT2D eigenvalue weighted by molar-refractivity contribution is 6.30. The van der Waals surface area contributed by atoms with Crippen molar-refractivity contribution in [3.05, 3.63) is 81.9 Å². The Balaban J connectivity index is 1.70. The number of nitrogens with zero attached hydrogens (tertiary/aromatic N) is 1. The molecule has 2 aromatic carbocycles. The summed E-state index contributed by atoms with van der Waals surface area (Å²) in [5.41, 5.74) is 6.22. The summed E-state index contributed by atoms with van der Waals surface area (Å²) in [7, 11) is 1.40. The van der Waals surface area contributed by atoms with E-state index in [1.807, 2.05) is 27.7 Å². The Bertz CT molecular complexity index is 1610. The van der Waals surface area contributed by atoms with Gasteiger partial charge in [0.1, 0.15) is 17.0 Å². The zero-order chi connectivity index (χ0) is 30.6. The van der Waals surface area contributed by atoms with E-state index in [4.69, 9.17) is 22.1 Å². The molecule has 3 amide bonds. The van der Waals surface area contributed by atoms with Crippen LogP contribution in [0.4, 0.5) is 15.8 Å². The van der Waals surface area contributed by atoms with Crippen molar-refractivity contribution < 1.29 is 23.5 Å². The summed E-state index contributed by atoms with van der Waals surface area (Å²) in [6.45, 7) is 7.93. The number of benzene rings is 2. The Labute approximate surface area is 248 Å². The van der Waals surface area contributed by atoms with Gasteiger partial charge in [-0.05, 0) is 54.7 Å². The number of ether oxygens (including phenoxy) is 1. The SMILES string of the molecule is COc1cc(C(N)=O)ccc1NC(=O)C1NC(CC(C)(C)C)C2(C(=O)Nc3cc(C)ncc32)C1c1cccc(Cl)c1F. The fourth-order valence-corrected chi connectivity index (χ4v) is 6.50. The molecule has 11 heteroatoms. The number of fused-ring (bicyclic) bond motifs is 2. The molecule has 2 aliphatic heterocycles. The topological polar surface area (TPSA) is 135 Å². The van der Waals surface area contributed by atoms with Crippen molar-refractivity contribution in [1.82, 2.24) is 10.3 Å². The Kier molecular flexibility index (Phi) is 7.49.